The predicted octanol–water partition coefficient (Wildman–Crippen LogP) is 6.73. The summed E-state index contributed by atoms with van der Waals surface area (Å²) in [6.07, 6.45) is 0. The van der Waals surface area contributed by atoms with Crippen molar-refractivity contribution in [1.29, 1.82) is 0 Å². The zero-order valence-electron chi connectivity index (χ0n) is 17.6. The smallest absolute Gasteiger partial charge is 0.270 e. The molecule has 0 aliphatic carbocycles. The van der Waals surface area contributed by atoms with Crippen molar-refractivity contribution in [1.82, 2.24) is 0 Å². The Morgan fingerprint density at radius 2 is 1.58 bits per heavy atom. The number of oxime groups is 1. The molecule has 3 aromatic carbocycles. The van der Waals surface area contributed by atoms with Crippen molar-refractivity contribution in [3.05, 3.63) is 95.1 Å². The number of carbonyl (C=O) groups is 1. The van der Waals surface area contributed by atoms with E-state index in [1.165, 1.54) is 19.1 Å². The van der Waals surface area contributed by atoms with Gasteiger partial charge in [-0.05, 0) is 61.4 Å². The highest BCUT2D eigenvalue weighted by Gasteiger charge is 2.23. The van der Waals surface area contributed by atoms with E-state index in [9.17, 15) is 13.6 Å². The third kappa shape index (κ3) is 5.98. The van der Waals surface area contributed by atoms with Crippen molar-refractivity contribution in [2.45, 2.75) is 33.3 Å². The second kappa shape index (κ2) is 9.51. The highest BCUT2D eigenvalue weighted by Crippen LogP contribution is 2.27. The number of Topliss-reactive ketones (excluding diaryl/α,β-unsaturated/α-hetero) is 1. The number of carbonyl (C=O) groups excluding carboxylic acids is 1. The van der Waals surface area contributed by atoms with Gasteiger partial charge in [0.25, 0.3) is 5.92 Å². The molecule has 0 heterocycles. The number of rotatable bonds is 8. The molecular formula is C25H23F2NO3. The van der Waals surface area contributed by atoms with Crippen LogP contribution in [0.1, 0.15) is 47.8 Å². The first-order chi connectivity index (χ1) is 14.7. The van der Waals surface area contributed by atoms with Crippen molar-refractivity contribution in [2.24, 2.45) is 5.16 Å². The van der Waals surface area contributed by atoms with Crippen LogP contribution in [0.25, 0.3) is 0 Å². The zero-order chi connectivity index (χ0) is 22.4. The van der Waals surface area contributed by atoms with Crippen LogP contribution in [-0.2, 0) is 17.4 Å². The van der Waals surface area contributed by atoms with Gasteiger partial charge in [-0.2, -0.15) is 0 Å². The zero-order valence-corrected chi connectivity index (χ0v) is 17.6. The van der Waals surface area contributed by atoms with Crippen molar-refractivity contribution in [2.75, 3.05) is 0 Å². The van der Waals surface area contributed by atoms with Crippen LogP contribution in [0.15, 0.2) is 78.0 Å². The SMILES string of the molecule is CC(=O)c1ccccc1Oc1ccc(/C(C)=N/OCc2ccc(C(C)(F)F)cc2)cc1. The lowest BCUT2D eigenvalue weighted by atomic mass is 10.1. The van der Waals surface area contributed by atoms with E-state index < -0.39 is 5.92 Å². The van der Waals surface area contributed by atoms with Crippen LogP contribution in [-0.4, -0.2) is 11.5 Å². The van der Waals surface area contributed by atoms with Crippen molar-refractivity contribution in [3.63, 3.8) is 0 Å². The summed E-state index contributed by atoms with van der Waals surface area (Å²) in [4.78, 5) is 17.1. The third-order valence-electron chi connectivity index (χ3n) is 4.66. The van der Waals surface area contributed by atoms with Crippen LogP contribution in [0.2, 0.25) is 0 Å². The second-order valence-corrected chi connectivity index (χ2v) is 7.21. The van der Waals surface area contributed by atoms with Gasteiger partial charge >= 0.3 is 0 Å². The lowest BCUT2D eigenvalue weighted by molar-refractivity contribution is 0.0174. The molecule has 31 heavy (non-hydrogen) atoms. The molecule has 4 nitrogen and oxygen atoms in total. The molecule has 0 saturated carbocycles. The largest absolute Gasteiger partial charge is 0.457 e. The number of nitrogens with zero attached hydrogens (tertiary/aromatic N) is 1. The van der Waals surface area contributed by atoms with Crippen LogP contribution in [0.4, 0.5) is 8.78 Å². The number of alkyl halides is 2. The molecule has 0 spiro atoms. The van der Waals surface area contributed by atoms with Crippen LogP contribution < -0.4 is 4.74 Å². The fraction of sp³-hybridized carbons (Fsp3) is 0.200. The van der Waals surface area contributed by atoms with E-state index in [1.807, 2.05) is 25.1 Å². The van der Waals surface area contributed by atoms with Gasteiger partial charge in [0.15, 0.2) is 5.78 Å². The molecule has 0 aliphatic rings. The number of ketones is 1. The van der Waals surface area contributed by atoms with Crippen molar-refractivity contribution >= 4 is 11.5 Å². The van der Waals surface area contributed by atoms with Crippen molar-refractivity contribution < 1.29 is 23.1 Å². The molecule has 0 aromatic heterocycles. The minimum Gasteiger partial charge on any atom is -0.457 e. The van der Waals surface area contributed by atoms with E-state index in [1.54, 1.807) is 42.5 Å². The molecule has 0 N–H and O–H groups in total. The van der Waals surface area contributed by atoms with E-state index in [0.29, 0.717) is 22.8 Å². The first-order valence-corrected chi connectivity index (χ1v) is 9.76. The number of halogens is 2. The van der Waals surface area contributed by atoms with Gasteiger partial charge in [-0.3, -0.25) is 4.79 Å². The Morgan fingerprint density at radius 1 is 0.935 bits per heavy atom. The number of hydrogen-bond donors (Lipinski definition) is 0. The van der Waals surface area contributed by atoms with Crippen molar-refractivity contribution in [3.8, 4) is 11.5 Å². The molecule has 0 amide bonds. The Kier molecular flexibility index (Phi) is 6.80. The molecule has 0 aliphatic heterocycles. The first kappa shape index (κ1) is 22.2. The lowest BCUT2D eigenvalue weighted by Crippen LogP contribution is -2.06. The fourth-order valence-electron chi connectivity index (χ4n) is 2.89. The summed E-state index contributed by atoms with van der Waals surface area (Å²) < 4.78 is 32.4. The molecule has 3 aromatic rings. The summed E-state index contributed by atoms with van der Waals surface area (Å²) >= 11 is 0. The normalized spacial score (nSPS) is 11.8. The van der Waals surface area contributed by atoms with Gasteiger partial charge in [-0.15, -0.1) is 0 Å². The number of para-hydroxylation sites is 1. The summed E-state index contributed by atoms with van der Waals surface area (Å²) in [6, 6.07) is 20.3. The standard InChI is InChI=1S/C25H23F2NO3/c1-17(28-30-16-19-8-12-21(13-9-19)25(3,26)27)20-10-14-22(15-11-20)31-24-7-5-4-6-23(24)18(2)29/h4-15H,16H2,1-3H3/b28-17+. The van der Waals surface area contributed by atoms with Gasteiger partial charge in [0.2, 0.25) is 0 Å². The van der Waals surface area contributed by atoms with Crippen LogP contribution in [0, 0.1) is 0 Å². The predicted molar refractivity (Wildman–Crippen MR) is 116 cm³/mol. The highest BCUT2D eigenvalue weighted by atomic mass is 19.3. The van der Waals surface area contributed by atoms with Gasteiger partial charge < -0.3 is 9.57 Å². The molecular weight excluding hydrogens is 400 g/mol. The highest BCUT2D eigenvalue weighted by molar-refractivity contribution is 5.98. The quantitative estimate of drug-likeness (QED) is 0.229. The summed E-state index contributed by atoms with van der Waals surface area (Å²) in [5.41, 5.74) is 2.73. The fourth-order valence-corrected chi connectivity index (χ4v) is 2.89. The number of ether oxygens (including phenoxy) is 1. The Morgan fingerprint density at radius 3 is 2.19 bits per heavy atom. The lowest BCUT2D eigenvalue weighted by Gasteiger charge is -2.11. The third-order valence-corrected chi connectivity index (χ3v) is 4.66. The Bertz CT molecular complexity index is 1070. The molecule has 0 atom stereocenters. The molecule has 3 rings (SSSR count). The van der Waals surface area contributed by atoms with Gasteiger partial charge in [-0.1, -0.05) is 41.6 Å². The van der Waals surface area contributed by atoms with Gasteiger partial charge in [0.1, 0.15) is 18.1 Å². The summed E-state index contributed by atoms with van der Waals surface area (Å²) in [5, 5.41) is 4.09. The summed E-state index contributed by atoms with van der Waals surface area (Å²) in [7, 11) is 0. The number of hydrogen-bond acceptors (Lipinski definition) is 4. The van der Waals surface area contributed by atoms with Gasteiger partial charge in [0, 0.05) is 12.5 Å². The van der Waals surface area contributed by atoms with Crippen LogP contribution >= 0.6 is 0 Å². The maximum absolute atomic E-state index is 13.3. The van der Waals surface area contributed by atoms with E-state index in [4.69, 9.17) is 9.57 Å². The van der Waals surface area contributed by atoms with Gasteiger partial charge in [-0.25, -0.2) is 8.78 Å². The van der Waals surface area contributed by atoms with E-state index in [0.717, 1.165) is 18.1 Å². The van der Waals surface area contributed by atoms with E-state index in [2.05, 4.69) is 5.16 Å². The molecule has 160 valence electrons. The average molecular weight is 423 g/mol. The molecule has 6 heteroatoms. The van der Waals surface area contributed by atoms with Crippen LogP contribution in [0.3, 0.4) is 0 Å². The summed E-state index contributed by atoms with van der Waals surface area (Å²) in [6.45, 7) is 4.35. The van der Waals surface area contributed by atoms with E-state index >= 15 is 0 Å². The molecule has 0 fully saturated rings. The Hall–Kier alpha value is -3.54. The van der Waals surface area contributed by atoms with E-state index in [-0.39, 0.29) is 18.0 Å². The monoisotopic (exact) mass is 423 g/mol. The van der Waals surface area contributed by atoms with Crippen LogP contribution in [0.5, 0.6) is 11.5 Å². The van der Waals surface area contributed by atoms with Gasteiger partial charge in [0.05, 0.1) is 11.3 Å². The molecule has 0 saturated heterocycles. The minimum absolute atomic E-state index is 0.0378. The maximum atomic E-state index is 13.3. The molecule has 0 unspecified atom stereocenters. The number of benzene rings is 3. The topological polar surface area (TPSA) is 47.9 Å². The maximum Gasteiger partial charge on any atom is 0.270 e. The first-order valence-electron chi connectivity index (χ1n) is 9.76. The average Bonchev–Trinajstić information content (AvgIpc) is 2.74. The second-order valence-electron chi connectivity index (χ2n) is 7.21. The molecule has 0 radical (unpaired) electrons. The molecule has 0 bridgehead atoms. The minimum atomic E-state index is -2.86. The Labute approximate surface area is 180 Å². The summed E-state index contributed by atoms with van der Waals surface area (Å²) in [5.74, 6) is -1.83. The Balaban J connectivity index is 1.60.